The Bertz CT molecular complexity index is 3210. The Morgan fingerprint density at radius 1 is 0.273 bits per heavy atom. The minimum Gasteiger partial charge on any atom is -0.456 e. The molecule has 0 fully saturated rings. The molecule has 2 heterocycles. The SMILES string of the molecule is c1ccc(-c2cc(-c3nc(-c4ccccc4)nc(-c4ccc(-c5ccc6c7ccccc7c7ccccc7c6c5)cc4)n3)c3c(c2)oc2ccccc23)cc1. The fraction of sp³-hybridized carbons (Fsp3) is 0. The van der Waals surface area contributed by atoms with Gasteiger partial charge in [0.1, 0.15) is 11.2 Å². The van der Waals surface area contributed by atoms with Gasteiger partial charge in [-0.2, -0.15) is 0 Å². The van der Waals surface area contributed by atoms with Gasteiger partial charge in [-0.1, -0.05) is 164 Å². The first-order valence-electron chi connectivity index (χ1n) is 18.5. The van der Waals surface area contributed by atoms with Gasteiger partial charge in [-0.15, -0.1) is 0 Å². The van der Waals surface area contributed by atoms with Gasteiger partial charge < -0.3 is 4.42 Å². The van der Waals surface area contributed by atoms with Crippen LogP contribution in [0.4, 0.5) is 0 Å². The van der Waals surface area contributed by atoms with Gasteiger partial charge in [0.15, 0.2) is 17.5 Å². The molecule has 4 nitrogen and oxygen atoms in total. The van der Waals surface area contributed by atoms with Crippen molar-refractivity contribution in [2.45, 2.75) is 0 Å². The maximum atomic E-state index is 6.46. The largest absolute Gasteiger partial charge is 0.456 e. The molecule has 0 N–H and O–H groups in total. The predicted molar refractivity (Wildman–Crippen MR) is 227 cm³/mol. The molecule has 0 bridgehead atoms. The van der Waals surface area contributed by atoms with E-state index < -0.39 is 0 Å². The van der Waals surface area contributed by atoms with Crippen LogP contribution in [0.25, 0.3) is 111 Å². The van der Waals surface area contributed by atoms with Crippen LogP contribution in [-0.2, 0) is 0 Å². The molecule has 11 aromatic rings. The molecular formula is C51H31N3O. The molecule has 4 heteroatoms. The number of nitrogens with zero attached hydrogens (tertiary/aromatic N) is 3. The fourth-order valence-electron chi connectivity index (χ4n) is 8.07. The average molecular weight is 702 g/mol. The van der Waals surface area contributed by atoms with Crippen LogP contribution < -0.4 is 0 Å². The third kappa shape index (κ3) is 5.26. The summed E-state index contributed by atoms with van der Waals surface area (Å²) >= 11 is 0. The maximum absolute atomic E-state index is 6.46. The third-order valence-corrected chi connectivity index (χ3v) is 10.7. The summed E-state index contributed by atoms with van der Waals surface area (Å²) < 4.78 is 6.46. The first-order chi connectivity index (χ1) is 27.2. The number of furan rings is 1. The van der Waals surface area contributed by atoms with Crippen molar-refractivity contribution in [3.63, 3.8) is 0 Å². The number of fused-ring (bicyclic) bond motifs is 9. The van der Waals surface area contributed by atoms with E-state index >= 15 is 0 Å². The highest BCUT2D eigenvalue weighted by Gasteiger charge is 2.20. The molecule has 0 aliphatic rings. The Labute approximate surface area is 317 Å². The first kappa shape index (κ1) is 31.1. The van der Waals surface area contributed by atoms with E-state index in [0.29, 0.717) is 17.5 Å². The standard InChI is InChI=1S/C51H31N3O/c1-3-13-32(14-4-1)37-30-45(48-43-21-11-12-22-46(43)55-47(48)31-37)51-53-49(34-15-5-2-6-16-34)52-50(54-51)35-25-23-33(24-26-35)36-27-28-42-40-19-8-7-17-38(40)39-18-9-10-20-41(39)44(42)29-36/h1-31H. The minimum atomic E-state index is 0.593. The van der Waals surface area contributed by atoms with Gasteiger partial charge in [-0.25, -0.2) is 15.0 Å². The quantitative estimate of drug-likeness (QED) is 0.168. The summed E-state index contributed by atoms with van der Waals surface area (Å²) in [6.07, 6.45) is 0. The lowest BCUT2D eigenvalue weighted by Crippen LogP contribution is -2.00. The minimum absolute atomic E-state index is 0.593. The lowest BCUT2D eigenvalue weighted by atomic mass is 9.92. The van der Waals surface area contributed by atoms with Gasteiger partial charge in [0.25, 0.3) is 0 Å². The Morgan fingerprint density at radius 2 is 0.727 bits per heavy atom. The van der Waals surface area contributed by atoms with Gasteiger partial charge in [0.05, 0.1) is 0 Å². The number of aromatic nitrogens is 3. The summed E-state index contributed by atoms with van der Waals surface area (Å²) in [7, 11) is 0. The molecule has 0 spiro atoms. The number of rotatable bonds is 5. The van der Waals surface area contributed by atoms with E-state index in [-0.39, 0.29) is 0 Å². The van der Waals surface area contributed by atoms with Crippen LogP contribution in [0.1, 0.15) is 0 Å². The Morgan fingerprint density at radius 3 is 1.38 bits per heavy atom. The smallest absolute Gasteiger partial charge is 0.164 e. The molecule has 2 aromatic heterocycles. The molecule has 0 atom stereocenters. The predicted octanol–water partition coefficient (Wildman–Crippen LogP) is 13.6. The second-order valence-corrected chi connectivity index (χ2v) is 14.0. The van der Waals surface area contributed by atoms with Crippen LogP contribution in [0.3, 0.4) is 0 Å². The van der Waals surface area contributed by atoms with Crippen LogP contribution in [0, 0.1) is 0 Å². The zero-order chi connectivity index (χ0) is 36.3. The average Bonchev–Trinajstić information content (AvgIpc) is 3.65. The highest BCUT2D eigenvalue weighted by Crippen LogP contribution is 2.41. The maximum Gasteiger partial charge on any atom is 0.164 e. The lowest BCUT2D eigenvalue weighted by molar-refractivity contribution is 0.669. The van der Waals surface area contributed by atoms with Gasteiger partial charge in [-0.05, 0) is 78.8 Å². The van der Waals surface area contributed by atoms with Crippen molar-refractivity contribution in [1.29, 1.82) is 0 Å². The highest BCUT2D eigenvalue weighted by atomic mass is 16.3. The van der Waals surface area contributed by atoms with Crippen molar-refractivity contribution >= 4 is 54.3 Å². The highest BCUT2D eigenvalue weighted by molar-refractivity contribution is 6.25. The molecule has 0 unspecified atom stereocenters. The summed E-state index contributed by atoms with van der Waals surface area (Å²) in [6.45, 7) is 0. The summed E-state index contributed by atoms with van der Waals surface area (Å²) in [5, 5.41) is 9.60. The van der Waals surface area contributed by atoms with Crippen molar-refractivity contribution in [1.82, 2.24) is 15.0 Å². The summed E-state index contributed by atoms with van der Waals surface area (Å²) in [6, 6.07) is 65.8. The second-order valence-electron chi connectivity index (χ2n) is 14.0. The van der Waals surface area contributed by atoms with Crippen LogP contribution in [0.5, 0.6) is 0 Å². The van der Waals surface area contributed by atoms with Gasteiger partial charge >= 0.3 is 0 Å². The van der Waals surface area contributed by atoms with Crippen molar-refractivity contribution in [3.8, 4) is 56.4 Å². The number of benzene rings is 9. The third-order valence-electron chi connectivity index (χ3n) is 10.7. The summed E-state index contributed by atoms with van der Waals surface area (Å²) in [5.41, 5.74) is 8.76. The molecular weight excluding hydrogens is 671 g/mol. The zero-order valence-electron chi connectivity index (χ0n) is 29.6. The van der Waals surface area contributed by atoms with E-state index in [9.17, 15) is 0 Å². The van der Waals surface area contributed by atoms with Crippen LogP contribution in [0.2, 0.25) is 0 Å². The van der Waals surface area contributed by atoms with Crippen LogP contribution in [0.15, 0.2) is 192 Å². The van der Waals surface area contributed by atoms with E-state index in [0.717, 1.165) is 60.9 Å². The summed E-state index contributed by atoms with van der Waals surface area (Å²) in [5.74, 6) is 1.82. The first-order valence-corrected chi connectivity index (χ1v) is 18.5. The zero-order valence-corrected chi connectivity index (χ0v) is 29.6. The Balaban J connectivity index is 1.07. The van der Waals surface area contributed by atoms with E-state index in [1.54, 1.807) is 0 Å². The molecule has 0 radical (unpaired) electrons. The number of hydrogen-bond donors (Lipinski definition) is 0. The van der Waals surface area contributed by atoms with Crippen LogP contribution in [-0.4, -0.2) is 15.0 Å². The Hall–Kier alpha value is -7.43. The molecule has 11 rings (SSSR count). The van der Waals surface area contributed by atoms with E-state index in [1.807, 2.05) is 54.6 Å². The van der Waals surface area contributed by atoms with Crippen molar-refractivity contribution < 1.29 is 4.42 Å². The molecule has 0 saturated heterocycles. The van der Waals surface area contributed by atoms with E-state index in [1.165, 1.54) is 32.3 Å². The van der Waals surface area contributed by atoms with Crippen molar-refractivity contribution in [3.05, 3.63) is 188 Å². The molecule has 0 saturated carbocycles. The molecule has 9 aromatic carbocycles. The number of hydrogen-bond acceptors (Lipinski definition) is 4. The van der Waals surface area contributed by atoms with E-state index in [4.69, 9.17) is 19.4 Å². The molecule has 0 aliphatic heterocycles. The monoisotopic (exact) mass is 701 g/mol. The van der Waals surface area contributed by atoms with Crippen LogP contribution >= 0.6 is 0 Å². The number of para-hydroxylation sites is 1. The second kappa shape index (κ2) is 12.6. The van der Waals surface area contributed by atoms with Gasteiger partial charge in [0, 0.05) is 27.5 Å². The molecule has 55 heavy (non-hydrogen) atoms. The summed E-state index contributed by atoms with van der Waals surface area (Å²) in [4.78, 5) is 15.4. The Kier molecular flexibility index (Phi) is 7.14. The topological polar surface area (TPSA) is 51.8 Å². The molecule has 0 amide bonds. The van der Waals surface area contributed by atoms with E-state index in [2.05, 4.69) is 133 Å². The van der Waals surface area contributed by atoms with Gasteiger partial charge in [0.2, 0.25) is 0 Å². The molecule has 256 valence electrons. The van der Waals surface area contributed by atoms with Gasteiger partial charge in [-0.3, -0.25) is 0 Å². The lowest BCUT2D eigenvalue weighted by Gasteiger charge is -2.13. The molecule has 0 aliphatic carbocycles. The van der Waals surface area contributed by atoms with Crippen molar-refractivity contribution in [2.75, 3.05) is 0 Å². The normalized spacial score (nSPS) is 11.6. The van der Waals surface area contributed by atoms with Crippen molar-refractivity contribution in [2.24, 2.45) is 0 Å². The fourth-order valence-corrected chi connectivity index (χ4v) is 8.07.